The van der Waals surface area contributed by atoms with Gasteiger partial charge in [0.05, 0.1) is 15.9 Å². The summed E-state index contributed by atoms with van der Waals surface area (Å²) in [5.41, 5.74) is -0.694. The number of benzene rings is 1. The monoisotopic (exact) mass is 267 g/mol. The average molecular weight is 267 g/mol. The maximum atomic E-state index is 10.9. The Morgan fingerprint density at radius 1 is 1.26 bits per heavy atom. The zero-order chi connectivity index (χ0) is 13.8. The van der Waals surface area contributed by atoms with Crippen LogP contribution in [0.4, 0.5) is 11.4 Å². The number of nitro groups is 2. The molecule has 1 heterocycles. The Kier molecular flexibility index (Phi) is 3.91. The Hall–Kier alpha value is -2.22. The molecule has 1 N–H and O–H groups in total. The number of nitrogens with zero attached hydrogens (tertiary/aromatic N) is 2. The number of hydrogen-bond donors (Lipinski definition) is 1. The lowest BCUT2D eigenvalue weighted by molar-refractivity contribution is -0.394. The fraction of sp³-hybridized carbons (Fsp3) is 0.455. The van der Waals surface area contributed by atoms with Crippen molar-refractivity contribution in [1.29, 1.82) is 0 Å². The molecule has 0 unspecified atom stereocenters. The van der Waals surface area contributed by atoms with E-state index in [0.29, 0.717) is 6.54 Å². The molecule has 0 saturated carbocycles. The van der Waals surface area contributed by atoms with Crippen LogP contribution in [0.15, 0.2) is 18.2 Å². The first-order valence-electron chi connectivity index (χ1n) is 5.88. The third-order valence-electron chi connectivity index (χ3n) is 2.90. The third-order valence-corrected chi connectivity index (χ3v) is 2.90. The van der Waals surface area contributed by atoms with Crippen LogP contribution in [0.3, 0.4) is 0 Å². The Labute approximate surface area is 108 Å². The molecule has 1 aromatic rings. The van der Waals surface area contributed by atoms with Crippen molar-refractivity contribution in [1.82, 2.24) is 5.32 Å². The number of non-ortho nitro benzene ring substituents is 1. The smallest absolute Gasteiger partial charge is 0.317 e. The van der Waals surface area contributed by atoms with E-state index in [1.807, 2.05) is 0 Å². The minimum Gasteiger partial charge on any atom is -0.482 e. The topological polar surface area (TPSA) is 108 Å². The highest BCUT2D eigenvalue weighted by molar-refractivity contribution is 5.53. The van der Waals surface area contributed by atoms with Crippen LogP contribution in [0.2, 0.25) is 0 Å². The van der Waals surface area contributed by atoms with Crippen molar-refractivity contribution in [3.05, 3.63) is 38.4 Å². The summed E-state index contributed by atoms with van der Waals surface area (Å²) < 4.78 is 5.56. The van der Waals surface area contributed by atoms with Gasteiger partial charge in [-0.3, -0.25) is 20.2 Å². The molecule has 8 heteroatoms. The quantitative estimate of drug-likeness (QED) is 0.656. The molecule has 1 saturated heterocycles. The van der Waals surface area contributed by atoms with Gasteiger partial charge in [0.1, 0.15) is 6.10 Å². The van der Waals surface area contributed by atoms with Crippen LogP contribution in [0, 0.1) is 20.2 Å². The number of rotatable bonds is 4. The molecule has 0 aromatic heterocycles. The molecule has 102 valence electrons. The minimum absolute atomic E-state index is 0.0734. The maximum absolute atomic E-state index is 10.9. The summed E-state index contributed by atoms with van der Waals surface area (Å²) in [6, 6.07) is 3.41. The van der Waals surface area contributed by atoms with Crippen molar-refractivity contribution in [2.75, 3.05) is 13.1 Å². The molecule has 8 nitrogen and oxygen atoms in total. The van der Waals surface area contributed by atoms with Gasteiger partial charge in [0, 0.05) is 12.6 Å². The Morgan fingerprint density at radius 2 is 2.05 bits per heavy atom. The van der Waals surface area contributed by atoms with Gasteiger partial charge in [-0.1, -0.05) is 0 Å². The molecule has 0 spiro atoms. The van der Waals surface area contributed by atoms with Crippen LogP contribution in [0.25, 0.3) is 0 Å². The second kappa shape index (κ2) is 5.61. The molecule has 0 radical (unpaired) electrons. The number of piperidine rings is 1. The third kappa shape index (κ3) is 3.16. The molecular formula is C11H13N3O5. The van der Waals surface area contributed by atoms with E-state index < -0.39 is 9.85 Å². The van der Waals surface area contributed by atoms with Crippen LogP contribution in [-0.2, 0) is 0 Å². The molecule has 0 amide bonds. The molecule has 1 fully saturated rings. The highest BCUT2D eigenvalue weighted by atomic mass is 16.6. The first-order chi connectivity index (χ1) is 9.08. The van der Waals surface area contributed by atoms with Crippen LogP contribution >= 0.6 is 0 Å². The summed E-state index contributed by atoms with van der Waals surface area (Å²) in [4.78, 5) is 20.2. The predicted molar refractivity (Wildman–Crippen MR) is 66.3 cm³/mol. The van der Waals surface area contributed by atoms with E-state index in [1.54, 1.807) is 0 Å². The second-order valence-corrected chi connectivity index (χ2v) is 4.25. The largest absolute Gasteiger partial charge is 0.482 e. The zero-order valence-electron chi connectivity index (χ0n) is 10.1. The lowest BCUT2D eigenvalue weighted by atomic mass is 10.1. The lowest BCUT2D eigenvalue weighted by Crippen LogP contribution is -2.37. The molecule has 1 aliphatic rings. The SMILES string of the molecule is O=[N+]([O-])c1ccc(O[C@H]2CCCNC2)c([N+](=O)[O-])c1. The van der Waals surface area contributed by atoms with Gasteiger partial charge in [0.15, 0.2) is 5.75 Å². The van der Waals surface area contributed by atoms with Crippen molar-refractivity contribution in [2.45, 2.75) is 18.9 Å². The van der Waals surface area contributed by atoms with E-state index in [-0.39, 0.29) is 23.2 Å². The van der Waals surface area contributed by atoms with Crippen molar-refractivity contribution >= 4 is 11.4 Å². The second-order valence-electron chi connectivity index (χ2n) is 4.25. The molecule has 1 aromatic carbocycles. The number of nitro benzene ring substituents is 2. The summed E-state index contributed by atoms with van der Waals surface area (Å²) in [6.07, 6.45) is 1.60. The fourth-order valence-corrected chi connectivity index (χ4v) is 1.96. The molecule has 0 bridgehead atoms. The van der Waals surface area contributed by atoms with Crippen molar-refractivity contribution in [3.8, 4) is 5.75 Å². The van der Waals surface area contributed by atoms with Crippen LogP contribution in [0.5, 0.6) is 5.75 Å². The van der Waals surface area contributed by atoms with Crippen LogP contribution < -0.4 is 10.1 Å². The zero-order valence-corrected chi connectivity index (χ0v) is 10.1. The summed E-state index contributed by atoms with van der Waals surface area (Å²) in [6.45, 7) is 1.52. The average Bonchev–Trinajstić information content (AvgIpc) is 2.39. The predicted octanol–water partition coefficient (Wildman–Crippen LogP) is 1.63. The summed E-state index contributed by atoms with van der Waals surface area (Å²) in [5, 5.41) is 24.7. The summed E-state index contributed by atoms with van der Waals surface area (Å²) >= 11 is 0. The lowest BCUT2D eigenvalue weighted by Gasteiger charge is -2.23. The Morgan fingerprint density at radius 3 is 2.63 bits per heavy atom. The van der Waals surface area contributed by atoms with E-state index in [2.05, 4.69) is 5.32 Å². The van der Waals surface area contributed by atoms with Crippen molar-refractivity contribution in [3.63, 3.8) is 0 Å². The highest BCUT2D eigenvalue weighted by Crippen LogP contribution is 2.32. The number of nitrogens with one attached hydrogen (secondary N) is 1. The first kappa shape index (κ1) is 13.2. The van der Waals surface area contributed by atoms with E-state index >= 15 is 0 Å². The van der Waals surface area contributed by atoms with E-state index in [4.69, 9.17) is 4.74 Å². The Balaban J connectivity index is 2.23. The van der Waals surface area contributed by atoms with Gasteiger partial charge in [0.25, 0.3) is 5.69 Å². The van der Waals surface area contributed by atoms with Gasteiger partial charge in [-0.05, 0) is 25.5 Å². The highest BCUT2D eigenvalue weighted by Gasteiger charge is 2.23. The first-order valence-corrected chi connectivity index (χ1v) is 5.88. The summed E-state index contributed by atoms with van der Waals surface area (Å²) in [7, 11) is 0. The van der Waals surface area contributed by atoms with Gasteiger partial charge >= 0.3 is 5.69 Å². The normalized spacial score (nSPS) is 18.8. The number of hydrogen-bond acceptors (Lipinski definition) is 6. The maximum Gasteiger partial charge on any atom is 0.317 e. The van der Waals surface area contributed by atoms with Gasteiger partial charge in [-0.25, -0.2) is 0 Å². The van der Waals surface area contributed by atoms with Crippen molar-refractivity contribution in [2.24, 2.45) is 0 Å². The standard InChI is InChI=1S/C11H13N3O5/c15-13(16)8-3-4-11(10(6-8)14(17)18)19-9-2-1-5-12-7-9/h3-4,6,9,12H,1-2,5,7H2/t9-/m0/s1. The van der Waals surface area contributed by atoms with Gasteiger partial charge < -0.3 is 10.1 Å². The van der Waals surface area contributed by atoms with Gasteiger partial charge in [-0.2, -0.15) is 0 Å². The Bertz CT molecular complexity index is 499. The molecule has 1 aliphatic heterocycles. The minimum atomic E-state index is -0.668. The molecule has 2 rings (SSSR count). The molecule has 1 atom stereocenters. The molecule has 19 heavy (non-hydrogen) atoms. The van der Waals surface area contributed by atoms with Crippen molar-refractivity contribution < 1.29 is 14.6 Å². The fourth-order valence-electron chi connectivity index (χ4n) is 1.96. The van der Waals surface area contributed by atoms with E-state index in [1.165, 1.54) is 12.1 Å². The van der Waals surface area contributed by atoms with Gasteiger partial charge in [0.2, 0.25) is 0 Å². The van der Waals surface area contributed by atoms with Crippen LogP contribution in [0.1, 0.15) is 12.8 Å². The van der Waals surface area contributed by atoms with E-state index in [0.717, 1.165) is 25.5 Å². The molecular weight excluding hydrogens is 254 g/mol. The molecule has 0 aliphatic carbocycles. The number of ether oxygens (including phenoxy) is 1. The summed E-state index contributed by atoms with van der Waals surface area (Å²) in [5.74, 6) is 0.0734. The van der Waals surface area contributed by atoms with Gasteiger partial charge in [-0.15, -0.1) is 0 Å². The van der Waals surface area contributed by atoms with Crippen LogP contribution in [-0.4, -0.2) is 29.0 Å². The van der Waals surface area contributed by atoms with E-state index in [9.17, 15) is 20.2 Å².